The zero-order valence-corrected chi connectivity index (χ0v) is 42.3. The lowest BCUT2D eigenvalue weighted by Gasteiger charge is -2.50. The summed E-state index contributed by atoms with van der Waals surface area (Å²) in [4.78, 5) is 5.06. The van der Waals surface area contributed by atoms with E-state index in [1.165, 1.54) is 115 Å². The highest BCUT2D eigenvalue weighted by Crippen LogP contribution is 2.65. The Labute approximate surface area is 429 Å². The molecule has 0 saturated heterocycles. The molecule has 0 radical (unpaired) electrons. The average Bonchev–Trinajstić information content (AvgIpc) is 3.94. The molecule has 2 heterocycles. The molecule has 14 rings (SSSR count). The quantitative estimate of drug-likeness (QED) is 0.164. The molecule has 4 unspecified atom stereocenters. The first kappa shape index (κ1) is 44.4. The van der Waals surface area contributed by atoms with E-state index in [0.29, 0.717) is 0 Å². The largest absolute Gasteiger partial charge is 0.334 e. The van der Waals surface area contributed by atoms with Crippen LogP contribution in [0.25, 0.3) is 44.2 Å². The molecule has 4 heteroatoms. The summed E-state index contributed by atoms with van der Waals surface area (Å²) in [7, 11) is 0. The van der Waals surface area contributed by atoms with Crippen molar-refractivity contribution in [2.24, 2.45) is 0 Å². The van der Waals surface area contributed by atoms with Gasteiger partial charge in [0.25, 0.3) is 0 Å². The van der Waals surface area contributed by atoms with Crippen LogP contribution in [-0.4, -0.2) is 11.1 Å². The predicted octanol–water partition coefficient (Wildman–Crippen LogP) is 18.3. The maximum Gasteiger partial charge on any atom is 0.123 e. The summed E-state index contributed by atoms with van der Waals surface area (Å²) in [6.45, 7) is 9.85. The van der Waals surface area contributed by atoms with Gasteiger partial charge >= 0.3 is 0 Å². The SMILES string of the molecule is CC12CCCCC1(C)N(c1ccc(F)cc1)c1ccc(-c3ccc4c(c3)C(c3ccccc3)(c3ccccc3)c3cc(-c5ccc6c(c5)C5(C)CCCCC5(C)N6c5ccc(F)cc5)c5ccccc5c3-4)cc12. The van der Waals surface area contributed by atoms with Crippen LogP contribution in [-0.2, 0) is 16.2 Å². The topological polar surface area (TPSA) is 6.48 Å². The lowest BCUT2D eigenvalue weighted by Crippen LogP contribution is -2.54. The Morgan fingerprint density at radius 1 is 0.370 bits per heavy atom. The van der Waals surface area contributed by atoms with Crippen LogP contribution in [0.3, 0.4) is 0 Å². The monoisotopic (exact) mass is 954 g/mol. The van der Waals surface area contributed by atoms with Gasteiger partial charge in [-0.1, -0.05) is 149 Å². The van der Waals surface area contributed by atoms with Crippen molar-refractivity contribution in [1.82, 2.24) is 0 Å². The highest BCUT2D eigenvalue weighted by atomic mass is 19.1. The first-order valence-corrected chi connectivity index (χ1v) is 26.7. The van der Waals surface area contributed by atoms with Crippen LogP contribution in [0.4, 0.5) is 31.5 Å². The van der Waals surface area contributed by atoms with E-state index >= 15 is 0 Å². The van der Waals surface area contributed by atoms with Gasteiger partial charge in [0.05, 0.1) is 16.5 Å². The second-order valence-electron chi connectivity index (χ2n) is 22.8. The van der Waals surface area contributed by atoms with Crippen molar-refractivity contribution in [3.63, 3.8) is 0 Å². The Hall–Kier alpha value is -7.30. The van der Waals surface area contributed by atoms with Crippen molar-refractivity contribution in [3.8, 4) is 33.4 Å². The van der Waals surface area contributed by atoms with Crippen LogP contribution >= 0.6 is 0 Å². The third-order valence-corrected chi connectivity index (χ3v) is 19.6. The molecule has 0 amide bonds. The molecular weight excluding hydrogens is 895 g/mol. The Balaban J connectivity index is 0.988. The minimum atomic E-state index is -0.643. The van der Waals surface area contributed by atoms with Gasteiger partial charge in [0.1, 0.15) is 11.6 Å². The van der Waals surface area contributed by atoms with E-state index in [1.807, 2.05) is 24.3 Å². The molecule has 2 saturated carbocycles. The Morgan fingerprint density at radius 3 is 1.34 bits per heavy atom. The van der Waals surface area contributed by atoms with E-state index in [1.54, 1.807) is 24.3 Å². The van der Waals surface area contributed by atoms with E-state index in [2.05, 4.69) is 183 Å². The summed E-state index contributed by atoms with van der Waals surface area (Å²) in [6, 6.07) is 70.0. The first-order chi connectivity index (χ1) is 35.5. The molecule has 9 aromatic carbocycles. The van der Waals surface area contributed by atoms with Gasteiger partial charge in [0, 0.05) is 33.6 Å². The standard InChI is InChI=1S/C69H60F2N2/c1-65-37-13-15-39-67(65,3)72(52-30-26-50(70)27-31-52)62-35-24-46(42-59(62)65)45-23-34-56-58(41-45)69(48-17-7-5-8-18-48,49-19-9-6-10-20-49)61-44-57(54-21-11-12-22-55(54)64(56)61)47-25-36-63-60(43-47)66(2)38-14-16-40-68(66,4)73(63)53-32-28-51(71)29-33-53/h5-12,17-36,41-44H,13-16,37-40H2,1-4H3. The summed E-state index contributed by atoms with van der Waals surface area (Å²) >= 11 is 0. The Morgan fingerprint density at radius 2 is 0.808 bits per heavy atom. The molecule has 4 atom stereocenters. The normalized spacial score (nSPS) is 24.1. The minimum Gasteiger partial charge on any atom is -0.334 e. The lowest BCUT2D eigenvalue weighted by atomic mass is 9.61. The number of hydrogen-bond donors (Lipinski definition) is 0. The van der Waals surface area contributed by atoms with Crippen LogP contribution in [0.2, 0.25) is 0 Å². The molecule has 0 spiro atoms. The van der Waals surface area contributed by atoms with Gasteiger partial charge < -0.3 is 9.80 Å². The van der Waals surface area contributed by atoms with Crippen molar-refractivity contribution in [2.75, 3.05) is 9.80 Å². The number of rotatable bonds is 6. The molecular formula is C69H60F2N2. The molecule has 0 N–H and O–H groups in total. The zero-order chi connectivity index (χ0) is 49.5. The minimum absolute atomic E-state index is 0.0884. The van der Waals surface area contributed by atoms with E-state index in [9.17, 15) is 8.78 Å². The van der Waals surface area contributed by atoms with Gasteiger partial charge in [0.15, 0.2) is 0 Å². The van der Waals surface area contributed by atoms with E-state index < -0.39 is 5.41 Å². The molecule has 360 valence electrons. The smallest absolute Gasteiger partial charge is 0.123 e. The van der Waals surface area contributed by atoms with Crippen molar-refractivity contribution in [3.05, 3.63) is 239 Å². The molecule has 5 aliphatic rings. The Kier molecular flexibility index (Phi) is 9.64. The van der Waals surface area contributed by atoms with E-state index in [0.717, 1.165) is 37.1 Å². The van der Waals surface area contributed by atoms with Crippen LogP contribution < -0.4 is 9.80 Å². The van der Waals surface area contributed by atoms with Gasteiger partial charge in [0.2, 0.25) is 0 Å². The molecule has 0 aromatic heterocycles. The van der Waals surface area contributed by atoms with Crippen molar-refractivity contribution in [1.29, 1.82) is 0 Å². The van der Waals surface area contributed by atoms with Crippen LogP contribution in [0.1, 0.15) is 112 Å². The highest BCUT2D eigenvalue weighted by molar-refractivity contribution is 6.10. The highest BCUT2D eigenvalue weighted by Gasteiger charge is 2.59. The molecule has 2 fully saturated rings. The number of benzene rings is 9. The summed E-state index contributed by atoms with van der Waals surface area (Å²) < 4.78 is 28.9. The fraction of sp³-hybridized carbons (Fsp3) is 0.246. The van der Waals surface area contributed by atoms with Gasteiger partial charge in [-0.25, -0.2) is 8.78 Å². The number of halogens is 2. The van der Waals surface area contributed by atoms with Crippen molar-refractivity contribution < 1.29 is 8.78 Å². The van der Waals surface area contributed by atoms with E-state index in [-0.39, 0.29) is 33.5 Å². The van der Waals surface area contributed by atoms with Gasteiger partial charge in [-0.15, -0.1) is 0 Å². The number of fused-ring (bicyclic) bond motifs is 11. The predicted molar refractivity (Wildman–Crippen MR) is 298 cm³/mol. The van der Waals surface area contributed by atoms with Gasteiger partial charge in [-0.2, -0.15) is 0 Å². The molecule has 2 nitrogen and oxygen atoms in total. The van der Waals surface area contributed by atoms with Crippen LogP contribution in [0, 0.1) is 11.6 Å². The van der Waals surface area contributed by atoms with Crippen LogP contribution in [0.5, 0.6) is 0 Å². The Bertz CT molecular complexity index is 3640. The van der Waals surface area contributed by atoms with Crippen molar-refractivity contribution in [2.45, 2.75) is 106 Å². The second kappa shape index (κ2) is 15.8. The first-order valence-electron chi connectivity index (χ1n) is 26.7. The maximum absolute atomic E-state index is 14.5. The lowest BCUT2D eigenvalue weighted by molar-refractivity contribution is 0.195. The summed E-state index contributed by atoms with van der Waals surface area (Å²) in [6.07, 6.45) is 9.07. The van der Waals surface area contributed by atoms with E-state index in [4.69, 9.17) is 0 Å². The number of anilines is 4. The number of hydrogen-bond acceptors (Lipinski definition) is 2. The summed E-state index contributed by atoms with van der Waals surface area (Å²) in [5, 5.41) is 2.49. The average molecular weight is 955 g/mol. The summed E-state index contributed by atoms with van der Waals surface area (Å²) in [5.74, 6) is -0.417. The van der Waals surface area contributed by atoms with Gasteiger partial charge in [-0.3, -0.25) is 0 Å². The maximum atomic E-state index is 14.5. The number of nitrogens with zero attached hydrogens (tertiary/aromatic N) is 2. The summed E-state index contributed by atoms with van der Waals surface area (Å²) in [5.41, 5.74) is 18.7. The fourth-order valence-corrected chi connectivity index (χ4v) is 15.6. The molecule has 73 heavy (non-hydrogen) atoms. The molecule has 9 aromatic rings. The third-order valence-electron chi connectivity index (χ3n) is 19.6. The third kappa shape index (κ3) is 5.95. The van der Waals surface area contributed by atoms with Crippen molar-refractivity contribution >= 4 is 33.5 Å². The second-order valence-corrected chi connectivity index (χ2v) is 22.8. The van der Waals surface area contributed by atoms with Gasteiger partial charge in [-0.05, 0) is 202 Å². The fourth-order valence-electron chi connectivity index (χ4n) is 15.6. The molecule has 0 bridgehead atoms. The molecule has 2 aliphatic heterocycles. The zero-order valence-electron chi connectivity index (χ0n) is 42.3. The molecule has 3 aliphatic carbocycles. The van der Waals surface area contributed by atoms with Crippen LogP contribution in [0.15, 0.2) is 194 Å².